The minimum absolute atomic E-state index is 0.0225. The molecule has 0 radical (unpaired) electrons. The minimum atomic E-state index is -0.956. The third kappa shape index (κ3) is 2.98. The number of non-ortho nitro benzene ring substituents is 1. The van der Waals surface area contributed by atoms with E-state index < -0.39 is 10.5 Å². The number of anilines is 2. The van der Waals surface area contributed by atoms with Crippen LogP contribution in [0.1, 0.15) is 34.7 Å². The summed E-state index contributed by atoms with van der Waals surface area (Å²) in [6, 6.07) is 19.3. The molecule has 162 valence electrons. The molecule has 1 atom stereocenters. The summed E-state index contributed by atoms with van der Waals surface area (Å²) in [6.45, 7) is 7.55. The van der Waals surface area contributed by atoms with Crippen molar-refractivity contribution in [2.24, 2.45) is 0 Å². The molecule has 0 fully saturated rings. The zero-order valence-corrected chi connectivity index (χ0v) is 18.5. The number of nitro benzene ring substituents is 1. The first-order chi connectivity index (χ1) is 15.3. The first-order valence-corrected chi connectivity index (χ1v) is 10.8. The average molecular weight is 428 g/mol. The van der Waals surface area contributed by atoms with Crippen LogP contribution in [0.3, 0.4) is 0 Å². The van der Waals surface area contributed by atoms with Gasteiger partial charge in [0.15, 0.2) is 5.78 Å². The van der Waals surface area contributed by atoms with Gasteiger partial charge in [-0.15, -0.1) is 0 Å². The Morgan fingerprint density at radius 3 is 2.09 bits per heavy atom. The van der Waals surface area contributed by atoms with Gasteiger partial charge in [-0.2, -0.15) is 0 Å². The maximum Gasteiger partial charge on any atom is 0.269 e. The van der Waals surface area contributed by atoms with Crippen molar-refractivity contribution in [3.05, 3.63) is 98.6 Å². The molecule has 5 rings (SSSR count). The standard InChI is InChI=1S/C26H25N3O3/c1-17-4-10-24-21(13-17)15-28-25-11-5-18(2)12-20(25)14-27(24)16-26(28,19(3)30)22-6-8-23(9-7-22)29(31)32/h4-13H,14-16H2,1-3H3/t26-/m1/s1. The second-order valence-electron chi connectivity index (χ2n) is 8.93. The monoisotopic (exact) mass is 427 g/mol. The fourth-order valence-corrected chi connectivity index (χ4v) is 5.25. The third-order valence-corrected chi connectivity index (χ3v) is 6.81. The van der Waals surface area contributed by atoms with Crippen molar-refractivity contribution in [2.75, 3.05) is 16.3 Å². The van der Waals surface area contributed by atoms with Crippen LogP contribution in [-0.2, 0) is 23.4 Å². The maximum atomic E-state index is 13.5. The Balaban J connectivity index is 1.78. The number of nitrogens with zero attached hydrogens (tertiary/aromatic N) is 3. The van der Waals surface area contributed by atoms with Crippen LogP contribution >= 0.6 is 0 Å². The van der Waals surface area contributed by atoms with E-state index in [-0.39, 0.29) is 11.5 Å². The summed E-state index contributed by atoms with van der Waals surface area (Å²) >= 11 is 0. The molecule has 2 aliphatic heterocycles. The van der Waals surface area contributed by atoms with Crippen molar-refractivity contribution < 1.29 is 9.72 Å². The average Bonchev–Trinajstić information content (AvgIpc) is 2.97. The SMILES string of the molecule is CC(=O)[C@@]1(c2ccc([N+](=O)[O-])cc2)CN2Cc3cc(C)ccc3N1Cc1cc(C)ccc12. The fourth-order valence-electron chi connectivity index (χ4n) is 5.25. The highest BCUT2D eigenvalue weighted by Crippen LogP contribution is 2.46. The van der Waals surface area contributed by atoms with Gasteiger partial charge in [-0.25, -0.2) is 0 Å². The van der Waals surface area contributed by atoms with Crippen LogP contribution in [0.4, 0.5) is 17.1 Å². The highest BCUT2D eigenvalue weighted by atomic mass is 16.6. The first-order valence-electron chi connectivity index (χ1n) is 10.8. The molecule has 2 heterocycles. The molecule has 2 aliphatic rings. The Morgan fingerprint density at radius 1 is 0.906 bits per heavy atom. The predicted octanol–water partition coefficient (Wildman–Crippen LogP) is 5.04. The lowest BCUT2D eigenvalue weighted by Gasteiger charge is -2.43. The topological polar surface area (TPSA) is 66.7 Å². The Labute approximate surface area is 187 Å². The molecule has 0 unspecified atom stereocenters. The van der Waals surface area contributed by atoms with E-state index in [4.69, 9.17) is 0 Å². The zero-order valence-electron chi connectivity index (χ0n) is 18.5. The van der Waals surface area contributed by atoms with Crippen molar-refractivity contribution in [3.8, 4) is 0 Å². The molecular formula is C26H25N3O3. The molecule has 0 saturated carbocycles. The van der Waals surface area contributed by atoms with Gasteiger partial charge in [0, 0.05) is 36.6 Å². The summed E-state index contributed by atoms with van der Waals surface area (Å²) in [4.78, 5) is 28.9. The Bertz CT molecular complexity index is 1250. The molecule has 32 heavy (non-hydrogen) atoms. The number of nitro groups is 1. The van der Waals surface area contributed by atoms with Gasteiger partial charge in [0.1, 0.15) is 5.54 Å². The summed E-state index contributed by atoms with van der Waals surface area (Å²) in [5.41, 5.74) is 6.74. The summed E-state index contributed by atoms with van der Waals surface area (Å²) < 4.78 is 0. The van der Waals surface area contributed by atoms with Crippen LogP contribution in [-0.4, -0.2) is 17.3 Å². The molecule has 0 aliphatic carbocycles. The van der Waals surface area contributed by atoms with Crippen LogP contribution in [0.25, 0.3) is 0 Å². The summed E-state index contributed by atoms with van der Waals surface area (Å²) in [6.07, 6.45) is 0. The minimum Gasteiger partial charge on any atom is -0.364 e. The number of aryl methyl sites for hydroxylation is 2. The molecule has 0 aromatic heterocycles. The van der Waals surface area contributed by atoms with E-state index in [1.807, 2.05) is 0 Å². The molecule has 0 amide bonds. The molecule has 0 saturated heterocycles. The van der Waals surface area contributed by atoms with Crippen molar-refractivity contribution in [1.82, 2.24) is 0 Å². The molecule has 6 heteroatoms. The number of carbonyl (C=O) groups excluding carboxylic acids is 1. The Kier molecular flexibility index (Phi) is 4.55. The van der Waals surface area contributed by atoms with Crippen LogP contribution in [0.2, 0.25) is 0 Å². The van der Waals surface area contributed by atoms with Crippen molar-refractivity contribution >= 4 is 22.8 Å². The highest BCUT2D eigenvalue weighted by Gasteiger charge is 2.49. The molecular weight excluding hydrogens is 402 g/mol. The number of ketones is 1. The number of hydrogen-bond acceptors (Lipinski definition) is 5. The Morgan fingerprint density at radius 2 is 1.50 bits per heavy atom. The molecule has 2 bridgehead atoms. The lowest BCUT2D eigenvalue weighted by atomic mass is 9.83. The summed E-state index contributed by atoms with van der Waals surface area (Å²) in [5.74, 6) is 0.0225. The number of benzene rings is 3. The quantitative estimate of drug-likeness (QED) is 0.433. The van der Waals surface area contributed by atoms with E-state index in [0.717, 1.165) is 16.9 Å². The van der Waals surface area contributed by atoms with Gasteiger partial charge in [0.2, 0.25) is 0 Å². The number of fused-ring (bicyclic) bond motifs is 7. The lowest BCUT2D eigenvalue weighted by molar-refractivity contribution is -0.384. The van der Waals surface area contributed by atoms with Crippen molar-refractivity contribution in [1.29, 1.82) is 0 Å². The van der Waals surface area contributed by atoms with Gasteiger partial charge in [-0.3, -0.25) is 14.9 Å². The summed E-state index contributed by atoms with van der Waals surface area (Å²) in [7, 11) is 0. The highest BCUT2D eigenvalue weighted by molar-refractivity contribution is 5.94. The molecule has 6 nitrogen and oxygen atoms in total. The van der Waals surface area contributed by atoms with E-state index in [1.54, 1.807) is 19.1 Å². The fraction of sp³-hybridized carbons (Fsp3) is 0.269. The smallest absolute Gasteiger partial charge is 0.269 e. The van der Waals surface area contributed by atoms with E-state index in [9.17, 15) is 14.9 Å². The third-order valence-electron chi connectivity index (χ3n) is 6.81. The van der Waals surface area contributed by atoms with Gasteiger partial charge >= 0.3 is 0 Å². The molecule has 3 aromatic rings. The Hall–Kier alpha value is -3.67. The summed E-state index contributed by atoms with van der Waals surface area (Å²) in [5, 5.41) is 11.2. The normalized spacial score (nSPS) is 19.1. The second kappa shape index (κ2) is 7.19. The van der Waals surface area contributed by atoms with Gasteiger partial charge in [-0.05, 0) is 61.7 Å². The van der Waals surface area contributed by atoms with Crippen LogP contribution in [0.5, 0.6) is 0 Å². The van der Waals surface area contributed by atoms with Gasteiger partial charge in [0.25, 0.3) is 5.69 Å². The van der Waals surface area contributed by atoms with Crippen LogP contribution in [0, 0.1) is 24.0 Å². The van der Waals surface area contributed by atoms with E-state index >= 15 is 0 Å². The van der Waals surface area contributed by atoms with Gasteiger partial charge < -0.3 is 9.80 Å². The molecule has 0 N–H and O–H groups in total. The first kappa shape index (κ1) is 20.2. The van der Waals surface area contributed by atoms with E-state index in [2.05, 4.69) is 60.0 Å². The largest absolute Gasteiger partial charge is 0.364 e. The number of rotatable bonds is 3. The van der Waals surface area contributed by atoms with E-state index in [1.165, 1.54) is 34.4 Å². The lowest BCUT2D eigenvalue weighted by Crippen LogP contribution is -2.55. The van der Waals surface area contributed by atoms with Gasteiger partial charge in [0.05, 0.1) is 11.5 Å². The van der Waals surface area contributed by atoms with Gasteiger partial charge in [-0.1, -0.05) is 35.4 Å². The predicted molar refractivity (Wildman–Crippen MR) is 125 cm³/mol. The second-order valence-corrected chi connectivity index (χ2v) is 8.93. The number of carbonyl (C=O) groups is 1. The van der Waals surface area contributed by atoms with Crippen LogP contribution < -0.4 is 9.80 Å². The maximum absolute atomic E-state index is 13.5. The van der Waals surface area contributed by atoms with Crippen molar-refractivity contribution in [3.63, 3.8) is 0 Å². The number of hydrogen-bond donors (Lipinski definition) is 0. The molecule has 0 spiro atoms. The molecule has 3 aromatic carbocycles. The van der Waals surface area contributed by atoms with Crippen molar-refractivity contribution in [2.45, 2.75) is 39.4 Å². The van der Waals surface area contributed by atoms with Crippen LogP contribution in [0.15, 0.2) is 60.7 Å². The number of Topliss-reactive ketones (excluding diaryl/α,β-unsaturated/α-hetero) is 1. The van der Waals surface area contributed by atoms with E-state index in [0.29, 0.717) is 19.6 Å². The zero-order chi connectivity index (χ0) is 22.6.